The van der Waals surface area contributed by atoms with Gasteiger partial charge in [-0.3, -0.25) is 5.10 Å². The molecular formula is C16H21FN4O2S2. The molecule has 9 heteroatoms. The van der Waals surface area contributed by atoms with E-state index in [9.17, 15) is 12.8 Å². The van der Waals surface area contributed by atoms with Crippen LogP contribution in [0.1, 0.15) is 37.1 Å². The Bertz CT molecular complexity index is 928. The van der Waals surface area contributed by atoms with Gasteiger partial charge in [0.1, 0.15) is 11.6 Å². The van der Waals surface area contributed by atoms with Gasteiger partial charge in [-0.1, -0.05) is 0 Å². The molecule has 1 aliphatic heterocycles. The maximum absolute atomic E-state index is 13.4. The molecular weight excluding hydrogens is 363 g/mol. The predicted molar refractivity (Wildman–Crippen MR) is 95.0 cm³/mol. The first-order valence-electron chi connectivity index (χ1n) is 8.26. The van der Waals surface area contributed by atoms with Gasteiger partial charge in [0.2, 0.25) is 10.0 Å². The van der Waals surface area contributed by atoms with Crippen LogP contribution in [-0.4, -0.2) is 40.6 Å². The highest BCUT2D eigenvalue weighted by Gasteiger charge is 2.32. The first-order valence-corrected chi connectivity index (χ1v) is 10.1. The number of aryl methyl sites for hydroxylation is 1. The first kappa shape index (κ1) is 18.2. The normalized spacial score (nSPS) is 17.1. The summed E-state index contributed by atoms with van der Waals surface area (Å²) in [6.45, 7) is 5.12. The number of rotatable bonds is 4. The van der Waals surface area contributed by atoms with Gasteiger partial charge in [-0.25, -0.2) is 12.8 Å². The number of aromatic amines is 1. The summed E-state index contributed by atoms with van der Waals surface area (Å²) in [6, 6.07) is 3.92. The highest BCUT2D eigenvalue weighted by Crippen LogP contribution is 2.30. The molecule has 2 heterocycles. The molecule has 1 aromatic heterocycles. The second-order valence-corrected chi connectivity index (χ2v) is 8.55. The number of halogens is 1. The molecule has 1 aliphatic rings. The van der Waals surface area contributed by atoms with Crippen molar-refractivity contribution in [2.75, 3.05) is 13.1 Å². The van der Waals surface area contributed by atoms with Gasteiger partial charge in [0.15, 0.2) is 4.77 Å². The number of sulfonamides is 1. The molecule has 25 heavy (non-hydrogen) atoms. The van der Waals surface area contributed by atoms with Gasteiger partial charge in [0.25, 0.3) is 0 Å². The van der Waals surface area contributed by atoms with E-state index >= 15 is 0 Å². The molecule has 0 radical (unpaired) electrons. The topological polar surface area (TPSA) is 71.0 Å². The number of hydrogen-bond acceptors (Lipinski definition) is 4. The van der Waals surface area contributed by atoms with E-state index in [0.717, 1.165) is 12.4 Å². The van der Waals surface area contributed by atoms with Crippen molar-refractivity contribution in [2.24, 2.45) is 0 Å². The summed E-state index contributed by atoms with van der Waals surface area (Å²) in [5.74, 6) is 0.663. The maximum Gasteiger partial charge on any atom is 0.243 e. The molecule has 1 fully saturated rings. The van der Waals surface area contributed by atoms with Crippen LogP contribution in [0.3, 0.4) is 0 Å². The van der Waals surface area contributed by atoms with E-state index in [1.54, 1.807) is 6.92 Å². The maximum atomic E-state index is 13.4. The Labute approximate surface area is 151 Å². The molecule has 1 aromatic carbocycles. The van der Waals surface area contributed by atoms with Crippen molar-refractivity contribution in [2.45, 2.75) is 44.0 Å². The molecule has 0 amide bonds. The minimum atomic E-state index is -3.61. The van der Waals surface area contributed by atoms with Crippen molar-refractivity contribution in [1.82, 2.24) is 19.1 Å². The van der Waals surface area contributed by atoms with Gasteiger partial charge in [0.05, 0.1) is 4.90 Å². The average Bonchev–Trinajstić information content (AvgIpc) is 2.98. The van der Waals surface area contributed by atoms with Crippen LogP contribution in [0.15, 0.2) is 23.1 Å². The van der Waals surface area contributed by atoms with Crippen LogP contribution in [0.2, 0.25) is 0 Å². The lowest BCUT2D eigenvalue weighted by molar-refractivity contribution is 0.309. The number of nitrogens with zero attached hydrogens (tertiary/aromatic N) is 3. The van der Waals surface area contributed by atoms with Crippen LogP contribution in [0, 0.1) is 17.5 Å². The largest absolute Gasteiger partial charge is 0.304 e. The summed E-state index contributed by atoms with van der Waals surface area (Å²) >= 11 is 5.22. The molecule has 0 saturated carbocycles. The summed E-state index contributed by atoms with van der Waals surface area (Å²) in [4.78, 5) is 0.140. The fourth-order valence-corrected chi connectivity index (χ4v) is 5.05. The van der Waals surface area contributed by atoms with Gasteiger partial charge in [0, 0.05) is 25.6 Å². The minimum Gasteiger partial charge on any atom is -0.304 e. The van der Waals surface area contributed by atoms with Crippen LogP contribution in [0.25, 0.3) is 0 Å². The van der Waals surface area contributed by atoms with E-state index in [2.05, 4.69) is 10.2 Å². The van der Waals surface area contributed by atoms with Crippen LogP contribution in [0.5, 0.6) is 0 Å². The lowest BCUT2D eigenvalue weighted by Gasteiger charge is -2.30. The van der Waals surface area contributed by atoms with Crippen molar-refractivity contribution in [1.29, 1.82) is 0 Å². The second kappa shape index (κ2) is 6.97. The Hall–Kier alpha value is -1.58. The molecule has 3 rings (SSSR count). The van der Waals surface area contributed by atoms with Crippen molar-refractivity contribution < 1.29 is 12.8 Å². The highest BCUT2D eigenvalue weighted by atomic mass is 32.2. The molecule has 136 valence electrons. The number of H-pyrrole nitrogens is 1. The van der Waals surface area contributed by atoms with Crippen LogP contribution in [-0.2, 0) is 16.6 Å². The van der Waals surface area contributed by atoms with E-state index in [4.69, 9.17) is 12.2 Å². The summed E-state index contributed by atoms with van der Waals surface area (Å²) < 4.78 is 43.0. The molecule has 1 N–H and O–H groups in total. The van der Waals surface area contributed by atoms with E-state index in [1.807, 2.05) is 11.5 Å². The van der Waals surface area contributed by atoms with Crippen LogP contribution < -0.4 is 0 Å². The van der Waals surface area contributed by atoms with Gasteiger partial charge in [-0.15, -0.1) is 0 Å². The Morgan fingerprint density at radius 2 is 2.04 bits per heavy atom. The number of nitrogens with one attached hydrogen (secondary N) is 1. The molecule has 0 bridgehead atoms. The molecule has 0 unspecified atom stereocenters. The van der Waals surface area contributed by atoms with Crippen molar-refractivity contribution in [3.8, 4) is 0 Å². The standard InChI is InChI=1S/C16H21FN4O2S2/c1-3-21-15(18-19-16(21)24)12-6-8-20(9-7-12)25(22,23)13-4-5-14(17)11(2)10-13/h4-5,10,12H,3,6-9H2,1-2H3,(H,19,24). The third-order valence-electron chi connectivity index (χ3n) is 4.69. The van der Waals surface area contributed by atoms with Gasteiger partial charge in [-0.2, -0.15) is 9.40 Å². The second-order valence-electron chi connectivity index (χ2n) is 6.22. The van der Waals surface area contributed by atoms with Crippen LogP contribution in [0.4, 0.5) is 4.39 Å². The van der Waals surface area contributed by atoms with E-state index in [1.165, 1.54) is 22.5 Å². The molecule has 0 spiro atoms. The van der Waals surface area contributed by atoms with Crippen LogP contribution >= 0.6 is 12.2 Å². The molecule has 1 saturated heterocycles. The lowest BCUT2D eigenvalue weighted by atomic mass is 9.97. The zero-order valence-electron chi connectivity index (χ0n) is 14.2. The SMILES string of the molecule is CCn1c(C2CCN(S(=O)(=O)c3ccc(F)c(C)c3)CC2)n[nH]c1=S. The number of piperidine rings is 1. The molecule has 0 atom stereocenters. The monoisotopic (exact) mass is 384 g/mol. The molecule has 0 aliphatic carbocycles. The van der Waals surface area contributed by atoms with E-state index in [0.29, 0.717) is 36.3 Å². The Balaban J connectivity index is 1.77. The summed E-state index contributed by atoms with van der Waals surface area (Å²) in [6.07, 6.45) is 1.36. The Morgan fingerprint density at radius 1 is 1.36 bits per heavy atom. The zero-order chi connectivity index (χ0) is 18.2. The first-order chi connectivity index (χ1) is 11.8. The number of aromatic nitrogens is 3. The predicted octanol–water partition coefficient (Wildman–Crippen LogP) is 2.98. The third-order valence-corrected chi connectivity index (χ3v) is 6.90. The quantitative estimate of drug-likeness (QED) is 0.823. The summed E-state index contributed by atoms with van der Waals surface area (Å²) in [5.41, 5.74) is 0.328. The Morgan fingerprint density at radius 3 is 2.64 bits per heavy atom. The Kier molecular flexibility index (Phi) is 5.08. The van der Waals surface area contributed by atoms with Crippen molar-refractivity contribution >= 4 is 22.2 Å². The molecule has 6 nitrogen and oxygen atoms in total. The van der Waals surface area contributed by atoms with Gasteiger partial charge in [-0.05, 0) is 62.7 Å². The smallest absolute Gasteiger partial charge is 0.243 e. The fraction of sp³-hybridized carbons (Fsp3) is 0.500. The van der Waals surface area contributed by atoms with Crippen molar-refractivity contribution in [3.05, 3.63) is 40.2 Å². The highest BCUT2D eigenvalue weighted by molar-refractivity contribution is 7.89. The average molecular weight is 385 g/mol. The lowest BCUT2D eigenvalue weighted by Crippen LogP contribution is -2.38. The number of benzene rings is 1. The van der Waals surface area contributed by atoms with E-state index in [-0.39, 0.29) is 10.8 Å². The fourth-order valence-electron chi connectivity index (χ4n) is 3.23. The van der Waals surface area contributed by atoms with Crippen molar-refractivity contribution in [3.63, 3.8) is 0 Å². The molecule has 2 aromatic rings. The number of hydrogen-bond donors (Lipinski definition) is 1. The van der Waals surface area contributed by atoms with E-state index < -0.39 is 15.8 Å². The van der Waals surface area contributed by atoms with Gasteiger partial charge >= 0.3 is 0 Å². The minimum absolute atomic E-state index is 0.140. The van der Waals surface area contributed by atoms with Gasteiger partial charge < -0.3 is 4.57 Å². The summed E-state index contributed by atoms with van der Waals surface area (Å²) in [5, 5.41) is 7.13. The summed E-state index contributed by atoms with van der Waals surface area (Å²) in [7, 11) is -3.61. The third kappa shape index (κ3) is 3.40. The zero-order valence-corrected chi connectivity index (χ0v) is 15.8.